The zero-order chi connectivity index (χ0) is 18.2. The molecule has 1 aromatic carbocycles. The highest BCUT2D eigenvalue weighted by molar-refractivity contribution is 5.92. The van der Waals surface area contributed by atoms with Gasteiger partial charge in [0, 0.05) is 6.04 Å². The quantitative estimate of drug-likeness (QED) is 0.740. The maximum Gasteiger partial charge on any atom is 0.270 e. The number of carbonyl (C=O) groups excluding carboxylic acids is 1. The molecule has 1 saturated carbocycles. The van der Waals surface area contributed by atoms with E-state index >= 15 is 0 Å². The van der Waals surface area contributed by atoms with Gasteiger partial charge in [-0.25, -0.2) is 4.98 Å². The minimum Gasteiger partial charge on any atom is -0.492 e. The maximum atomic E-state index is 12.4. The van der Waals surface area contributed by atoms with Gasteiger partial charge in [-0.3, -0.25) is 4.79 Å². The van der Waals surface area contributed by atoms with Crippen LogP contribution in [0.3, 0.4) is 0 Å². The second kappa shape index (κ2) is 9.22. The first-order chi connectivity index (χ1) is 12.8. The molecule has 0 unspecified atom stereocenters. The summed E-state index contributed by atoms with van der Waals surface area (Å²) in [6, 6.07) is 11.7. The van der Waals surface area contributed by atoms with Crippen LogP contribution in [-0.4, -0.2) is 23.5 Å². The van der Waals surface area contributed by atoms with Gasteiger partial charge in [-0.05, 0) is 44.0 Å². The lowest BCUT2D eigenvalue weighted by Gasteiger charge is -2.16. The number of carbonyl (C=O) groups is 1. The molecule has 1 aromatic heterocycles. The number of amides is 1. The van der Waals surface area contributed by atoms with Gasteiger partial charge in [0.2, 0.25) is 0 Å². The number of ether oxygens (including phenoxy) is 1. The summed E-state index contributed by atoms with van der Waals surface area (Å²) in [7, 11) is 0. The Labute approximate surface area is 155 Å². The third-order valence-corrected chi connectivity index (χ3v) is 4.65. The first-order valence-corrected chi connectivity index (χ1v) is 9.52. The summed E-state index contributed by atoms with van der Waals surface area (Å²) in [6.45, 7) is 2.57. The summed E-state index contributed by atoms with van der Waals surface area (Å²) >= 11 is 0. The van der Waals surface area contributed by atoms with Gasteiger partial charge in [-0.15, -0.1) is 0 Å². The molecular weight excluding hydrogens is 326 g/mol. The summed E-state index contributed by atoms with van der Waals surface area (Å²) in [5, 5.41) is 6.42. The number of para-hydroxylation sites is 2. The van der Waals surface area contributed by atoms with E-state index < -0.39 is 0 Å². The minimum absolute atomic E-state index is 0.0850. The molecule has 1 heterocycles. The molecule has 1 aliphatic carbocycles. The fraction of sp³-hybridized carbons (Fsp3) is 0.429. The molecule has 0 radical (unpaired) electrons. The summed E-state index contributed by atoms with van der Waals surface area (Å²) in [6.07, 6.45) is 8.76. The molecule has 2 aromatic rings. The molecule has 0 atom stereocenters. The summed E-state index contributed by atoms with van der Waals surface area (Å²) in [5.41, 5.74) is 2.16. The van der Waals surface area contributed by atoms with Gasteiger partial charge in [0.1, 0.15) is 11.4 Å². The lowest BCUT2D eigenvalue weighted by molar-refractivity contribution is 0.0928. The van der Waals surface area contributed by atoms with Gasteiger partial charge in [0.25, 0.3) is 5.91 Å². The molecule has 5 heteroatoms. The summed E-state index contributed by atoms with van der Waals surface area (Å²) in [5.74, 6) is 0.711. The van der Waals surface area contributed by atoms with Gasteiger partial charge >= 0.3 is 0 Å². The third kappa shape index (κ3) is 4.97. The van der Waals surface area contributed by atoms with Gasteiger partial charge < -0.3 is 15.4 Å². The molecule has 3 rings (SSSR count). The molecule has 2 N–H and O–H groups in total. The predicted octanol–water partition coefficient (Wildman–Crippen LogP) is 4.68. The number of hydrogen-bond donors (Lipinski definition) is 2. The van der Waals surface area contributed by atoms with Crippen molar-refractivity contribution < 1.29 is 9.53 Å². The normalized spacial score (nSPS) is 15.1. The molecule has 0 aliphatic heterocycles. The van der Waals surface area contributed by atoms with E-state index in [1.165, 1.54) is 25.7 Å². The van der Waals surface area contributed by atoms with Crippen LogP contribution in [0.2, 0.25) is 0 Å². The topological polar surface area (TPSA) is 63.2 Å². The molecule has 1 amide bonds. The number of benzene rings is 1. The van der Waals surface area contributed by atoms with Crippen molar-refractivity contribution in [1.29, 1.82) is 0 Å². The van der Waals surface area contributed by atoms with E-state index in [1.807, 2.05) is 37.3 Å². The van der Waals surface area contributed by atoms with Crippen LogP contribution in [0.1, 0.15) is 55.9 Å². The van der Waals surface area contributed by atoms with Crippen molar-refractivity contribution in [2.75, 3.05) is 11.9 Å². The molecule has 0 bridgehead atoms. The average Bonchev–Trinajstić information content (AvgIpc) is 2.93. The van der Waals surface area contributed by atoms with Gasteiger partial charge in [-0.1, -0.05) is 37.8 Å². The minimum atomic E-state index is -0.0850. The van der Waals surface area contributed by atoms with E-state index in [-0.39, 0.29) is 11.9 Å². The second-order valence-electron chi connectivity index (χ2n) is 6.65. The van der Waals surface area contributed by atoms with Crippen molar-refractivity contribution in [2.24, 2.45) is 0 Å². The SMILES string of the molecule is CCOc1ccccc1Nc1ccc(C(=O)NC2CCCCCC2)nc1. The monoisotopic (exact) mass is 353 g/mol. The molecule has 1 aliphatic rings. The Morgan fingerprint density at radius 2 is 1.88 bits per heavy atom. The highest BCUT2D eigenvalue weighted by Crippen LogP contribution is 2.27. The predicted molar refractivity (Wildman–Crippen MR) is 104 cm³/mol. The van der Waals surface area contributed by atoms with Crippen LogP contribution in [0.25, 0.3) is 0 Å². The molecule has 0 spiro atoms. The number of nitrogens with one attached hydrogen (secondary N) is 2. The average molecular weight is 353 g/mol. The van der Waals surface area contributed by atoms with E-state index in [9.17, 15) is 4.79 Å². The number of pyridine rings is 1. The number of aromatic nitrogens is 1. The van der Waals surface area contributed by atoms with E-state index in [0.29, 0.717) is 12.3 Å². The third-order valence-electron chi connectivity index (χ3n) is 4.65. The van der Waals surface area contributed by atoms with Gasteiger partial charge in [0.05, 0.1) is 24.2 Å². The molecule has 0 saturated heterocycles. The first kappa shape index (κ1) is 18.2. The standard InChI is InChI=1S/C21H27N3O2/c1-2-26-20-12-8-7-11-18(20)23-17-13-14-19(22-15-17)21(25)24-16-9-5-3-4-6-10-16/h7-8,11-16,23H,2-6,9-10H2,1H3,(H,24,25). The summed E-state index contributed by atoms with van der Waals surface area (Å²) < 4.78 is 5.62. The van der Waals surface area contributed by atoms with E-state index in [0.717, 1.165) is 30.0 Å². The van der Waals surface area contributed by atoms with Crippen molar-refractivity contribution in [1.82, 2.24) is 10.3 Å². The van der Waals surface area contributed by atoms with Crippen LogP contribution in [-0.2, 0) is 0 Å². The number of nitrogens with zero attached hydrogens (tertiary/aromatic N) is 1. The highest BCUT2D eigenvalue weighted by Gasteiger charge is 2.16. The fourth-order valence-corrected chi connectivity index (χ4v) is 3.29. The van der Waals surface area contributed by atoms with Crippen LogP contribution in [0, 0.1) is 0 Å². The van der Waals surface area contributed by atoms with Crippen molar-refractivity contribution in [3.63, 3.8) is 0 Å². The van der Waals surface area contributed by atoms with Crippen LogP contribution in [0.5, 0.6) is 5.75 Å². The van der Waals surface area contributed by atoms with Crippen molar-refractivity contribution in [3.05, 3.63) is 48.3 Å². The first-order valence-electron chi connectivity index (χ1n) is 9.52. The largest absolute Gasteiger partial charge is 0.492 e. The molecule has 1 fully saturated rings. The Morgan fingerprint density at radius 3 is 2.58 bits per heavy atom. The van der Waals surface area contributed by atoms with Crippen LogP contribution in [0.4, 0.5) is 11.4 Å². The van der Waals surface area contributed by atoms with Gasteiger partial charge in [0.15, 0.2) is 0 Å². The lowest BCUT2D eigenvalue weighted by atomic mass is 10.1. The lowest BCUT2D eigenvalue weighted by Crippen LogP contribution is -2.34. The zero-order valence-electron chi connectivity index (χ0n) is 15.3. The van der Waals surface area contributed by atoms with Crippen LogP contribution >= 0.6 is 0 Å². The molecule has 26 heavy (non-hydrogen) atoms. The zero-order valence-corrected chi connectivity index (χ0v) is 15.3. The fourth-order valence-electron chi connectivity index (χ4n) is 3.29. The smallest absolute Gasteiger partial charge is 0.270 e. The maximum absolute atomic E-state index is 12.4. The second-order valence-corrected chi connectivity index (χ2v) is 6.65. The van der Waals surface area contributed by atoms with E-state index in [4.69, 9.17) is 4.74 Å². The molecular formula is C21H27N3O2. The van der Waals surface area contributed by atoms with Crippen LogP contribution in [0.15, 0.2) is 42.6 Å². The Hall–Kier alpha value is -2.56. The van der Waals surface area contributed by atoms with Crippen molar-refractivity contribution >= 4 is 17.3 Å². The Balaban J connectivity index is 1.62. The highest BCUT2D eigenvalue weighted by atomic mass is 16.5. The molecule has 138 valence electrons. The number of rotatable bonds is 6. The van der Waals surface area contributed by atoms with E-state index in [2.05, 4.69) is 15.6 Å². The number of hydrogen-bond acceptors (Lipinski definition) is 4. The van der Waals surface area contributed by atoms with Crippen molar-refractivity contribution in [3.8, 4) is 5.75 Å². The van der Waals surface area contributed by atoms with Gasteiger partial charge in [-0.2, -0.15) is 0 Å². The van der Waals surface area contributed by atoms with Crippen molar-refractivity contribution in [2.45, 2.75) is 51.5 Å². The Bertz CT molecular complexity index is 707. The number of anilines is 2. The summed E-state index contributed by atoms with van der Waals surface area (Å²) in [4.78, 5) is 16.7. The van der Waals surface area contributed by atoms with E-state index in [1.54, 1.807) is 12.3 Å². The molecule has 5 nitrogen and oxygen atoms in total. The van der Waals surface area contributed by atoms with Crippen LogP contribution < -0.4 is 15.4 Å². The Morgan fingerprint density at radius 1 is 1.12 bits per heavy atom. The Kier molecular flexibility index (Phi) is 6.47.